The van der Waals surface area contributed by atoms with Gasteiger partial charge in [0.1, 0.15) is 5.75 Å². The summed E-state index contributed by atoms with van der Waals surface area (Å²) in [6.07, 6.45) is 1.01. The van der Waals surface area contributed by atoms with Crippen molar-refractivity contribution in [2.45, 2.75) is 33.2 Å². The summed E-state index contributed by atoms with van der Waals surface area (Å²) in [5.74, 6) is 0.846. The predicted octanol–water partition coefficient (Wildman–Crippen LogP) is 2.52. The minimum absolute atomic E-state index is 0.184. The van der Waals surface area contributed by atoms with Gasteiger partial charge in [-0.3, -0.25) is 9.69 Å². The number of nitrogens with one attached hydrogen (secondary N) is 3. The number of rotatable bonds is 8. The number of anilines is 2. The van der Waals surface area contributed by atoms with Crippen LogP contribution in [-0.2, 0) is 9.53 Å². The Morgan fingerprint density at radius 1 is 1.21 bits per heavy atom. The molecule has 8 nitrogen and oxygen atoms in total. The number of carbonyl (C=O) groups is 2. The van der Waals surface area contributed by atoms with Crippen LogP contribution in [0.25, 0.3) is 0 Å². The Hall–Kier alpha value is -2.32. The summed E-state index contributed by atoms with van der Waals surface area (Å²) in [6, 6.07) is 5.12. The first-order valence-corrected chi connectivity index (χ1v) is 9.71. The molecule has 1 unspecified atom stereocenters. The number of methoxy groups -OCH3 is 1. The zero-order valence-corrected chi connectivity index (χ0v) is 17.2. The third kappa shape index (κ3) is 7.01. The maximum Gasteiger partial charge on any atom is 0.319 e. The molecule has 0 spiro atoms. The molecule has 1 aliphatic rings. The lowest BCUT2D eigenvalue weighted by Gasteiger charge is -2.35. The van der Waals surface area contributed by atoms with Gasteiger partial charge >= 0.3 is 6.03 Å². The van der Waals surface area contributed by atoms with Gasteiger partial charge in [-0.1, -0.05) is 13.8 Å². The van der Waals surface area contributed by atoms with Crippen LogP contribution in [0.3, 0.4) is 0 Å². The van der Waals surface area contributed by atoms with E-state index in [4.69, 9.17) is 9.47 Å². The van der Waals surface area contributed by atoms with Crippen LogP contribution in [0, 0.1) is 5.92 Å². The quantitative estimate of drug-likeness (QED) is 0.632. The number of morpholine rings is 1. The summed E-state index contributed by atoms with van der Waals surface area (Å²) >= 11 is 0. The van der Waals surface area contributed by atoms with Crippen LogP contribution in [0.5, 0.6) is 5.75 Å². The molecule has 8 heteroatoms. The lowest BCUT2D eigenvalue weighted by atomic mass is 10.0. The van der Waals surface area contributed by atoms with E-state index in [1.807, 2.05) is 0 Å². The molecule has 0 bridgehead atoms. The molecule has 0 aromatic heterocycles. The Bertz CT molecular complexity index is 660. The molecule has 3 N–H and O–H groups in total. The molecule has 28 heavy (non-hydrogen) atoms. The minimum Gasteiger partial charge on any atom is -0.494 e. The van der Waals surface area contributed by atoms with Crippen molar-refractivity contribution >= 4 is 23.3 Å². The van der Waals surface area contributed by atoms with Gasteiger partial charge in [-0.15, -0.1) is 0 Å². The van der Waals surface area contributed by atoms with Crippen LogP contribution < -0.4 is 20.7 Å². The normalized spacial score (nSPS) is 15.8. The maximum absolute atomic E-state index is 12.4. The van der Waals surface area contributed by atoms with E-state index in [9.17, 15) is 9.59 Å². The zero-order chi connectivity index (χ0) is 20.5. The van der Waals surface area contributed by atoms with Crippen LogP contribution in [0.1, 0.15) is 27.2 Å². The second kappa shape index (κ2) is 10.9. The highest BCUT2D eigenvalue weighted by Gasteiger charge is 2.22. The number of ether oxygens (including phenoxy) is 2. The van der Waals surface area contributed by atoms with Crippen LogP contribution in [0.2, 0.25) is 0 Å². The molecule has 156 valence electrons. The van der Waals surface area contributed by atoms with Gasteiger partial charge in [0.25, 0.3) is 0 Å². The second-order valence-corrected chi connectivity index (χ2v) is 7.36. The lowest BCUT2D eigenvalue weighted by molar-refractivity contribution is -0.114. The molecule has 1 atom stereocenters. The average molecular weight is 393 g/mol. The van der Waals surface area contributed by atoms with Crippen molar-refractivity contribution in [2.75, 3.05) is 50.6 Å². The summed E-state index contributed by atoms with van der Waals surface area (Å²) in [5.41, 5.74) is 1.15. The Morgan fingerprint density at radius 2 is 1.93 bits per heavy atom. The van der Waals surface area contributed by atoms with Gasteiger partial charge in [0.05, 0.1) is 26.0 Å². The van der Waals surface area contributed by atoms with Gasteiger partial charge < -0.3 is 25.4 Å². The number of carbonyl (C=O) groups excluding carboxylic acids is 2. The first-order valence-electron chi connectivity index (χ1n) is 9.71. The SMILES string of the molecule is COc1cc(NC(=O)NCC(CC(C)C)N2CCOCC2)ccc1NC(C)=O. The number of amides is 3. The number of benzene rings is 1. The van der Waals surface area contributed by atoms with E-state index in [1.54, 1.807) is 18.2 Å². The van der Waals surface area contributed by atoms with E-state index in [2.05, 4.69) is 34.7 Å². The molecule has 0 radical (unpaired) electrons. The molecule has 1 aromatic rings. The number of hydrogen-bond acceptors (Lipinski definition) is 5. The molecular weight excluding hydrogens is 360 g/mol. The van der Waals surface area contributed by atoms with Crippen molar-refractivity contribution in [2.24, 2.45) is 5.92 Å². The summed E-state index contributed by atoms with van der Waals surface area (Å²) in [4.78, 5) is 26.0. The van der Waals surface area contributed by atoms with Gasteiger partial charge in [-0.2, -0.15) is 0 Å². The van der Waals surface area contributed by atoms with Crippen molar-refractivity contribution < 1.29 is 19.1 Å². The predicted molar refractivity (Wildman–Crippen MR) is 110 cm³/mol. The summed E-state index contributed by atoms with van der Waals surface area (Å²) < 4.78 is 10.7. The van der Waals surface area contributed by atoms with Crippen molar-refractivity contribution in [3.63, 3.8) is 0 Å². The first kappa shape index (κ1) is 22.0. The van der Waals surface area contributed by atoms with Gasteiger partial charge in [0.15, 0.2) is 0 Å². The van der Waals surface area contributed by atoms with Crippen molar-refractivity contribution in [3.8, 4) is 5.75 Å². The maximum atomic E-state index is 12.4. The molecule has 1 aromatic carbocycles. The molecule has 3 amide bonds. The minimum atomic E-state index is -0.267. The monoisotopic (exact) mass is 392 g/mol. The third-order valence-electron chi connectivity index (χ3n) is 4.57. The van der Waals surface area contributed by atoms with Crippen LogP contribution in [0.4, 0.5) is 16.2 Å². The van der Waals surface area contributed by atoms with E-state index in [1.165, 1.54) is 14.0 Å². The fourth-order valence-electron chi connectivity index (χ4n) is 3.30. The highest BCUT2D eigenvalue weighted by molar-refractivity contribution is 5.93. The summed E-state index contributed by atoms with van der Waals surface area (Å²) in [7, 11) is 1.52. The topological polar surface area (TPSA) is 91.9 Å². The van der Waals surface area contributed by atoms with Crippen molar-refractivity contribution in [1.29, 1.82) is 0 Å². The standard InChI is InChI=1S/C20H32N4O4/c1-14(2)11-17(24-7-9-28-10-8-24)13-21-20(26)23-16-5-6-18(22-15(3)25)19(12-16)27-4/h5-6,12,14,17H,7-11,13H2,1-4H3,(H,22,25)(H2,21,23,26). The Labute approximate surface area is 166 Å². The molecular formula is C20H32N4O4. The lowest BCUT2D eigenvalue weighted by Crippen LogP contribution is -2.49. The number of urea groups is 1. The number of hydrogen-bond donors (Lipinski definition) is 3. The van der Waals surface area contributed by atoms with E-state index in [0.29, 0.717) is 29.6 Å². The third-order valence-corrected chi connectivity index (χ3v) is 4.57. The van der Waals surface area contributed by atoms with Gasteiger partial charge in [0.2, 0.25) is 5.91 Å². The first-order chi connectivity index (χ1) is 13.4. The van der Waals surface area contributed by atoms with Gasteiger partial charge in [0, 0.05) is 44.4 Å². The Kier molecular flexibility index (Phi) is 8.53. The highest BCUT2D eigenvalue weighted by atomic mass is 16.5. The highest BCUT2D eigenvalue weighted by Crippen LogP contribution is 2.27. The Morgan fingerprint density at radius 3 is 2.54 bits per heavy atom. The summed E-state index contributed by atoms with van der Waals surface area (Å²) in [6.45, 7) is 9.65. The van der Waals surface area contributed by atoms with E-state index < -0.39 is 0 Å². The molecule has 0 saturated carbocycles. The molecule has 0 aliphatic carbocycles. The fraction of sp³-hybridized carbons (Fsp3) is 0.600. The van der Waals surface area contributed by atoms with Crippen molar-refractivity contribution in [1.82, 2.24) is 10.2 Å². The van der Waals surface area contributed by atoms with Crippen LogP contribution >= 0.6 is 0 Å². The zero-order valence-electron chi connectivity index (χ0n) is 17.2. The fourth-order valence-corrected chi connectivity index (χ4v) is 3.30. The van der Waals surface area contributed by atoms with E-state index >= 15 is 0 Å². The molecule has 1 saturated heterocycles. The number of nitrogens with zero attached hydrogens (tertiary/aromatic N) is 1. The molecule has 2 rings (SSSR count). The molecule has 1 fully saturated rings. The van der Waals surface area contributed by atoms with Crippen molar-refractivity contribution in [3.05, 3.63) is 18.2 Å². The van der Waals surface area contributed by atoms with Gasteiger partial charge in [-0.25, -0.2) is 4.79 Å². The second-order valence-electron chi connectivity index (χ2n) is 7.36. The molecule has 1 heterocycles. The largest absolute Gasteiger partial charge is 0.494 e. The van der Waals surface area contributed by atoms with Crippen LogP contribution in [0.15, 0.2) is 18.2 Å². The Balaban J connectivity index is 1.93. The van der Waals surface area contributed by atoms with E-state index in [-0.39, 0.29) is 18.0 Å². The van der Waals surface area contributed by atoms with Gasteiger partial charge in [-0.05, 0) is 24.5 Å². The smallest absolute Gasteiger partial charge is 0.319 e. The molecule has 1 aliphatic heterocycles. The van der Waals surface area contributed by atoms with E-state index in [0.717, 1.165) is 32.7 Å². The average Bonchev–Trinajstić information content (AvgIpc) is 2.66. The van der Waals surface area contributed by atoms with Crippen LogP contribution in [-0.4, -0.2) is 62.8 Å². The summed E-state index contributed by atoms with van der Waals surface area (Å²) in [5, 5.41) is 8.49.